The molecule has 2 aromatic carbocycles. The van der Waals surface area contributed by atoms with E-state index in [0.29, 0.717) is 0 Å². The number of rotatable bonds is 4. The number of ether oxygens (including phenoxy) is 1. The van der Waals surface area contributed by atoms with Crippen LogP contribution >= 0.6 is 0 Å². The quantitative estimate of drug-likeness (QED) is 0.860. The fourth-order valence-electron chi connectivity index (χ4n) is 2.57. The van der Waals surface area contributed by atoms with Crippen LogP contribution in [0.3, 0.4) is 0 Å². The van der Waals surface area contributed by atoms with Gasteiger partial charge >= 0.3 is 6.36 Å². The smallest absolute Gasteiger partial charge is 0.406 e. The number of β-amino-alcohol motifs (C(OH)–C–C–N with tert-alkyl or cyclic N) is 1. The Morgan fingerprint density at radius 2 is 1.48 bits per heavy atom. The standard InChI is InChI=1S/C17H12F3NO4/c18-17(19,20)25-11-7-5-10(6-8-11)14(22)9-21-15(23)12-3-1-2-4-13(12)16(21)24/h1-8,14,22H,9H2/t14-/m1/s1. The summed E-state index contributed by atoms with van der Waals surface area (Å²) in [4.78, 5) is 25.4. The zero-order chi connectivity index (χ0) is 18.2. The summed E-state index contributed by atoms with van der Waals surface area (Å²) in [6.07, 6.45) is -6.04. The summed E-state index contributed by atoms with van der Waals surface area (Å²) in [5, 5.41) is 10.2. The maximum Gasteiger partial charge on any atom is 0.573 e. The lowest BCUT2D eigenvalue weighted by molar-refractivity contribution is -0.274. The highest BCUT2D eigenvalue weighted by atomic mass is 19.4. The van der Waals surface area contributed by atoms with Gasteiger partial charge in [0.1, 0.15) is 5.75 Å². The molecule has 0 radical (unpaired) electrons. The number of hydrogen-bond donors (Lipinski definition) is 1. The minimum absolute atomic E-state index is 0.256. The molecule has 1 atom stereocenters. The molecule has 1 N–H and O–H groups in total. The molecular formula is C17H12F3NO4. The number of carbonyl (C=O) groups is 2. The molecule has 0 fully saturated rings. The molecule has 1 heterocycles. The molecule has 0 unspecified atom stereocenters. The number of aliphatic hydroxyl groups excluding tert-OH is 1. The van der Waals surface area contributed by atoms with Crippen LogP contribution in [0.25, 0.3) is 0 Å². The lowest BCUT2D eigenvalue weighted by atomic mass is 10.1. The number of alkyl halides is 3. The summed E-state index contributed by atoms with van der Waals surface area (Å²) in [6, 6.07) is 10.9. The molecule has 0 bridgehead atoms. The van der Waals surface area contributed by atoms with Crippen molar-refractivity contribution in [1.82, 2.24) is 4.90 Å². The lowest BCUT2D eigenvalue weighted by Gasteiger charge is -2.19. The van der Waals surface area contributed by atoms with E-state index in [1.54, 1.807) is 12.1 Å². The minimum atomic E-state index is -4.81. The third kappa shape index (κ3) is 3.48. The first kappa shape index (κ1) is 17.0. The van der Waals surface area contributed by atoms with Gasteiger partial charge in [0.2, 0.25) is 0 Å². The molecule has 0 aliphatic carbocycles. The predicted octanol–water partition coefficient (Wildman–Crippen LogP) is 2.91. The van der Waals surface area contributed by atoms with Crippen molar-refractivity contribution in [2.24, 2.45) is 0 Å². The fraction of sp³-hybridized carbons (Fsp3) is 0.176. The van der Waals surface area contributed by atoms with Gasteiger partial charge < -0.3 is 9.84 Å². The molecule has 25 heavy (non-hydrogen) atoms. The van der Waals surface area contributed by atoms with Gasteiger partial charge in [0.05, 0.1) is 23.8 Å². The Morgan fingerprint density at radius 3 is 1.96 bits per heavy atom. The van der Waals surface area contributed by atoms with Crippen molar-refractivity contribution in [2.45, 2.75) is 12.5 Å². The molecule has 0 saturated heterocycles. The van der Waals surface area contributed by atoms with Crippen LogP contribution < -0.4 is 4.74 Å². The second kappa shape index (κ2) is 6.21. The maximum absolute atomic E-state index is 12.2. The number of benzene rings is 2. The molecule has 2 amide bonds. The lowest BCUT2D eigenvalue weighted by Crippen LogP contribution is -2.33. The van der Waals surface area contributed by atoms with E-state index in [1.165, 1.54) is 24.3 Å². The van der Waals surface area contributed by atoms with Crippen molar-refractivity contribution in [3.63, 3.8) is 0 Å². The summed E-state index contributed by atoms with van der Waals surface area (Å²) in [5.41, 5.74) is 0.772. The molecule has 2 aromatic rings. The summed E-state index contributed by atoms with van der Waals surface area (Å²) >= 11 is 0. The van der Waals surface area contributed by atoms with Gasteiger partial charge in [0.25, 0.3) is 11.8 Å². The van der Waals surface area contributed by atoms with Crippen LogP contribution in [0.5, 0.6) is 5.75 Å². The van der Waals surface area contributed by atoms with E-state index in [4.69, 9.17) is 0 Å². The van der Waals surface area contributed by atoms with Gasteiger partial charge in [-0.05, 0) is 29.8 Å². The predicted molar refractivity (Wildman–Crippen MR) is 79.9 cm³/mol. The molecule has 1 aliphatic heterocycles. The second-order valence-corrected chi connectivity index (χ2v) is 5.40. The normalized spacial score (nSPS) is 15.3. The van der Waals surface area contributed by atoms with Gasteiger partial charge in [-0.25, -0.2) is 0 Å². The fourth-order valence-corrected chi connectivity index (χ4v) is 2.57. The Bertz CT molecular complexity index is 782. The molecule has 5 nitrogen and oxygen atoms in total. The van der Waals surface area contributed by atoms with Crippen molar-refractivity contribution >= 4 is 11.8 Å². The summed E-state index contributed by atoms with van der Waals surface area (Å²) in [7, 11) is 0. The highest BCUT2D eigenvalue weighted by Gasteiger charge is 2.36. The number of carbonyl (C=O) groups excluding carboxylic acids is 2. The number of imide groups is 1. The first-order valence-electron chi connectivity index (χ1n) is 7.25. The highest BCUT2D eigenvalue weighted by Crippen LogP contribution is 2.27. The third-order valence-electron chi connectivity index (χ3n) is 3.73. The van der Waals surface area contributed by atoms with Crippen LogP contribution in [0.15, 0.2) is 48.5 Å². The topological polar surface area (TPSA) is 66.8 Å². The maximum atomic E-state index is 12.2. The van der Waals surface area contributed by atoms with Crippen molar-refractivity contribution in [3.8, 4) is 5.75 Å². The molecule has 130 valence electrons. The van der Waals surface area contributed by atoms with Gasteiger partial charge in [0, 0.05) is 0 Å². The SMILES string of the molecule is O=C1c2ccccc2C(=O)N1C[C@@H](O)c1ccc(OC(F)(F)F)cc1. The average Bonchev–Trinajstić information content (AvgIpc) is 2.79. The van der Waals surface area contributed by atoms with Crippen LogP contribution in [-0.2, 0) is 0 Å². The van der Waals surface area contributed by atoms with Crippen molar-refractivity contribution in [1.29, 1.82) is 0 Å². The Hall–Kier alpha value is -2.87. The molecule has 0 saturated carbocycles. The minimum Gasteiger partial charge on any atom is -0.406 e. The Labute approximate surface area is 140 Å². The van der Waals surface area contributed by atoms with Crippen molar-refractivity contribution < 1.29 is 32.6 Å². The third-order valence-corrected chi connectivity index (χ3v) is 3.73. The van der Waals surface area contributed by atoms with Gasteiger partial charge in [0.15, 0.2) is 0 Å². The number of nitrogens with zero attached hydrogens (tertiary/aromatic N) is 1. The summed E-state index contributed by atoms with van der Waals surface area (Å²) in [5.74, 6) is -1.46. The van der Waals surface area contributed by atoms with Crippen LogP contribution in [0.2, 0.25) is 0 Å². The van der Waals surface area contributed by atoms with E-state index < -0.39 is 30.0 Å². The highest BCUT2D eigenvalue weighted by molar-refractivity contribution is 6.21. The zero-order valence-electron chi connectivity index (χ0n) is 12.7. The largest absolute Gasteiger partial charge is 0.573 e. The number of halogens is 3. The molecular weight excluding hydrogens is 339 g/mol. The van der Waals surface area contributed by atoms with Gasteiger partial charge in [-0.3, -0.25) is 14.5 Å². The van der Waals surface area contributed by atoms with Crippen LogP contribution in [0, 0.1) is 0 Å². The zero-order valence-corrected chi connectivity index (χ0v) is 12.7. The van der Waals surface area contributed by atoms with E-state index >= 15 is 0 Å². The van der Waals surface area contributed by atoms with Crippen LogP contribution in [0.1, 0.15) is 32.4 Å². The first-order valence-corrected chi connectivity index (χ1v) is 7.25. The van der Waals surface area contributed by atoms with Crippen molar-refractivity contribution in [3.05, 3.63) is 65.2 Å². The van der Waals surface area contributed by atoms with Crippen LogP contribution in [0.4, 0.5) is 13.2 Å². The van der Waals surface area contributed by atoms with Crippen molar-refractivity contribution in [2.75, 3.05) is 6.54 Å². The van der Waals surface area contributed by atoms with Crippen LogP contribution in [-0.4, -0.2) is 34.7 Å². The van der Waals surface area contributed by atoms with Gasteiger partial charge in [-0.15, -0.1) is 13.2 Å². The number of hydrogen-bond acceptors (Lipinski definition) is 4. The van der Waals surface area contributed by atoms with Gasteiger partial charge in [-0.2, -0.15) is 0 Å². The summed E-state index contributed by atoms with van der Waals surface area (Å²) in [6.45, 7) is -0.300. The van der Waals surface area contributed by atoms with E-state index in [2.05, 4.69) is 4.74 Å². The molecule has 8 heteroatoms. The summed E-state index contributed by atoms with van der Waals surface area (Å²) < 4.78 is 40.1. The van der Waals surface area contributed by atoms with E-state index in [-0.39, 0.29) is 23.2 Å². The van der Waals surface area contributed by atoms with E-state index in [9.17, 15) is 27.9 Å². The number of fused-ring (bicyclic) bond motifs is 1. The monoisotopic (exact) mass is 351 g/mol. The molecule has 3 rings (SSSR count). The number of amides is 2. The van der Waals surface area contributed by atoms with E-state index in [0.717, 1.165) is 17.0 Å². The Balaban J connectivity index is 1.72. The Morgan fingerprint density at radius 1 is 0.960 bits per heavy atom. The number of aliphatic hydroxyl groups is 1. The van der Waals surface area contributed by atoms with E-state index in [1.807, 2.05) is 0 Å². The average molecular weight is 351 g/mol. The molecule has 1 aliphatic rings. The van der Waals surface area contributed by atoms with Gasteiger partial charge in [-0.1, -0.05) is 24.3 Å². The molecule has 0 spiro atoms. The second-order valence-electron chi connectivity index (χ2n) is 5.40. The Kier molecular flexibility index (Phi) is 4.22. The first-order chi connectivity index (χ1) is 11.8. The molecule has 0 aromatic heterocycles.